The maximum absolute atomic E-state index is 12.4. The highest BCUT2D eigenvalue weighted by Gasteiger charge is 2.35. The number of nitrogens with zero attached hydrogens (tertiary/aromatic N) is 1. The van der Waals surface area contributed by atoms with Gasteiger partial charge in [0.05, 0.1) is 4.90 Å². The highest BCUT2D eigenvalue weighted by molar-refractivity contribution is 7.89. The second-order valence-corrected chi connectivity index (χ2v) is 6.34. The highest BCUT2D eigenvalue weighted by atomic mass is 32.2. The van der Waals surface area contributed by atoms with E-state index in [2.05, 4.69) is 0 Å². The second-order valence-electron chi connectivity index (χ2n) is 4.45. The summed E-state index contributed by atoms with van der Waals surface area (Å²) >= 11 is 0. The van der Waals surface area contributed by atoms with E-state index < -0.39 is 22.0 Å². The van der Waals surface area contributed by atoms with Crippen molar-refractivity contribution in [2.24, 2.45) is 0 Å². The fourth-order valence-corrected chi connectivity index (χ4v) is 3.53. The van der Waals surface area contributed by atoms with Crippen LogP contribution in [0.3, 0.4) is 0 Å². The SMILES string of the molecule is Cc1ccc(S(=O)(=O)N2CC=CCC2C(=O)O)cc1. The molecule has 1 aliphatic rings. The molecule has 0 fully saturated rings. The van der Waals surface area contributed by atoms with Gasteiger partial charge >= 0.3 is 5.97 Å². The number of benzene rings is 1. The van der Waals surface area contributed by atoms with E-state index in [1.807, 2.05) is 6.92 Å². The van der Waals surface area contributed by atoms with Crippen LogP contribution in [0.25, 0.3) is 0 Å². The molecule has 0 aromatic heterocycles. The lowest BCUT2D eigenvalue weighted by molar-refractivity contribution is -0.141. The van der Waals surface area contributed by atoms with E-state index in [1.54, 1.807) is 24.3 Å². The Labute approximate surface area is 112 Å². The zero-order valence-electron chi connectivity index (χ0n) is 10.5. The number of aryl methyl sites for hydroxylation is 1. The summed E-state index contributed by atoms with van der Waals surface area (Å²) in [6.07, 6.45) is 3.56. The van der Waals surface area contributed by atoms with E-state index in [-0.39, 0.29) is 17.9 Å². The average Bonchev–Trinajstić information content (AvgIpc) is 2.39. The third-order valence-electron chi connectivity index (χ3n) is 3.07. The first kappa shape index (κ1) is 13.8. The monoisotopic (exact) mass is 281 g/mol. The lowest BCUT2D eigenvalue weighted by Crippen LogP contribution is -2.46. The van der Waals surface area contributed by atoms with Crippen molar-refractivity contribution >= 4 is 16.0 Å². The van der Waals surface area contributed by atoms with Gasteiger partial charge in [-0.05, 0) is 25.5 Å². The largest absolute Gasteiger partial charge is 0.480 e. The van der Waals surface area contributed by atoms with E-state index in [4.69, 9.17) is 5.11 Å². The van der Waals surface area contributed by atoms with Crippen LogP contribution in [-0.2, 0) is 14.8 Å². The molecule has 0 radical (unpaired) electrons. The molecule has 1 N–H and O–H groups in total. The van der Waals surface area contributed by atoms with Crippen LogP contribution in [0.2, 0.25) is 0 Å². The molecule has 0 saturated heterocycles. The van der Waals surface area contributed by atoms with Crippen molar-refractivity contribution in [3.63, 3.8) is 0 Å². The summed E-state index contributed by atoms with van der Waals surface area (Å²) in [5.41, 5.74) is 0.951. The van der Waals surface area contributed by atoms with Gasteiger partial charge in [-0.15, -0.1) is 0 Å². The lowest BCUT2D eigenvalue weighted by atomic mass is 10.1. The third kappa shape index (κ3) is 2.69. The van der Waals surface area contributed by atoms with Crippen molar-refractivity contribution in [3.8, 4) is 0 Å². The van der Waals surface area contributed by atoms with E-state index in [0.29, 0.717) is 0 Å². The van der Waals surface area contributed by atoms with Crippen molar-refractivity contribution < 1.29 is 18.3 Å². The molecule has 1 atom stereocenters. The van der Waals surface area contributed by atoms with Crippen LogP contribution >= 0.6 is 0 Å². The maximum Gasteiger partial charge on any atom is 0.322 e. The number of sulfonamides is 1. The third-order valence-corrected chi connectivity index (χ3v) is 4.96. The van der Waals surface area contributed by atoms with Crippen LogP contribution in [0.15, 0.2) is 41.3 Å². The summed E-state index contributed by atoms with van der Waals surface area (Å²) in [5, 5.41) is 9.12. The van der Waals surface area contributed by atoms with Gasteiger partial charge in [0, 0.05) is 6.54 Å². The molecule has 1 heterocycles. The van der Waals surface area contributed by atoms with Gasteiger partial charge in [0.1, 0.15) is 6.04 Å². The summed E-state index contributed by atoms with van der Waals surface area (Å²) in [6, 6.07) is 5.37. The minimum atomic E-state index is -3.77. The van der Waals surface area contributed by atoms with Crippen LogP contribution < -0.4 is 0 Å². The van der Waals surface area contributed by atoms with Crippen molar-refractivity contribution in [3.05, 3.63) is 42.0 Å². The Bertz CT molecular complexity index is 604. The topological polar surface area (TPSA) is 74.7 Å². The van der Waals surface area contributed by atoms with E-state index in [1.165, 1.54) is 12.1 Å². The molecule has 1 aromatic carbocycles. The fourth-order valence-electron chi connectivity index (χ4n) is 1.98. The van der Waals surface area contributed by atoms with Gasteiger partial charge in [-0.2, -0.15) is 4.31 Å². The quantitative estimate of drug-likeness (QED) is 0.850. The molecule has 6 heteroatoms. The Hall–Kier alpha value is -1.66. The number of hydrogen-bond donors (Lipinski definition) is 1. The second kappa shape index (κ2) is 5.14. The molecule has 1 unspecified atom stereocenters. The molecule has 0 aliphatic carbocycles. The molecule has 0 amide bonds. The van der Waals surface area contributed by atoms with E-state index >= 15 is 0 Å². The number of hydrogen-bond acceptors (Lipinski definition) is 3. The molecule has 2 rings (SSSR count). The van der Waals surface area contributed by atoms with Crippen molar-refractivity contribution in [2.45, 2.75) is 24.3 Å². The van der Waals surface area contributed by atoms with Crippen molar-refractivity contribution in [1.29, 1.82) is 0 Å². The molecule has 0 bridgehead atoms. The van der Waals surface area contributed by atoms with Gasteiger partial charge in [0.25, 0.3) is 0 Å². The molecular formula is C13H15NO4S. The summed E-state index contributed by atoms with van der Waals surface area (Å²) in [7, 11) is -3.77. The van der Waals surface area contributed by atoms with Crippen molar-refractivity contribution in [1.82, 2.24) is 4.31 Å². The van der Waals surface area contributed by atoms with Crippen LogP contribution in [0.1, 0.15) is 12.0 Å². The average molecular weight is 281 g/mol. The number of carbonyl (C=O) groups is 1. The Morgan fingerprint density at radius 1 is 1.26 bits per heavy atom. The first-order valence-corrected chi connectivity index (χ1v) is 7.33. The zero-order valence-corrected chi connectivity index (χ0v) is 11.3. The summed E-state index contributed by atoms with van der Waals surface area (Å²) in [5.74, 6) is -1.12. The Kier molecular flexibility index (Phi) is 3.73. The predicted molar refractivity (Wildman–Crippen MR) is 70.3 cm³/mol. The van der Waals surface area contributed by atoms with Crippen molar-refractivity contribution in [2.75, 3.05) is 6.54 Å². The number of carboxylic acid groups (broad SMARTS) is 1. The molecule has 0 spiro atoms. The van der Waals surface area contributed by atoms with Gasteiger partial charge in [0.2, 0.25) is 10.0 Å². The first-order valence-electron chi connectivity index (χ1n) is 5.89. The Morgan fingerprint density at radius 3 is 2.47 bits per heavy atom. The van der Waals surface area contributed by atoms with E-state index in [9.17, 15) is 13.2 Å². The smallest absolute Gasteiger partial charge is 0.322 e. The summed E-state index contributed by atoms with van der Waals surface area (Å²) < 4.78 is 25.9. The van der Waals surface area contributed by atoms with Crippen LogP contribution in [0.5, 0.6) is 0 Å². The predicted octanol–water partition coefficient (Wildman–Crippen LogP) is 1.40. The van der Waals surface area contributed by atoms with Gasteiger partial charge in [-0.1, -0.05) is 29.8 Å². The molecular weight excluding hydrogens is 266 g/mol. The summed E-state index contributed by atoms with van der Waals surface area (Å²) in [4.78, 5) is 11.3. The van der Waals surface area contributed by atoms with Crippen LogP contribution in [0.4, 0.5) is 0 Å². The minimum Gasteiger partial charge on any atom is -0.480 e. The maximum atomic E-state index is 12.4. The lowest BCUT2D eigenvalue weighted by Gasteiger charge is -2.29. The molecule has 1 aromatic rings. The Balaban J connectivity index is 2.40. The minimum absolute atomic E-state index is 0.0905. The number of carboxylic acids is 1. The zero-order chi connectivity index (χ0) is 14.0. The molecule has 1 aliphatic heterocycles. The normalized spacial score (nSPS) is 20.4. The van der Waals surface area contributed by atoms with Crippen LogP contribution in [0, 0.1) is 6.92 Å². The van der Waals surface area contributed by atoms with Gasteiger partial charge in [-0.25, -0.2) is 8.42 Å². The standard InChI is InChI=1S/C13H15NO4S/c1-10-5-7-11(8-6-10)19(17,18)14-9-3-2-4-12(14)13(15)16/h2-3,5-8,12H,4,9H2,1H3,(H,15,16). The molecule has 0 saturated carbocycles. The summed E-state index contributed by atoms with van der Waals surface area (Å²) in [6.45, 7) is 1.95. The molecule has 19 heavy (non-hydrogen) atoms. The van der Waals surface area contributed by atoms with E-state index in [0.717, 1.165) is 9.87 Å². The number of rotatable bonds is 3. The first-order chi connectivity index (χ1) is 8.93. The van der Waals surface area contributed by atoms with Gasteiger partial charge in [0.15, 0.2) is 0 Å². The van der Waals surface area contributed by atoms with Gasteiger partial charge < -0.3 is 5.11 Å². The van der Waals surface area contributed by atoms with Gasteiger partial charge in [-0.3, -0.25) is 4.79 Å². The Morgan fingerprint density at radius 2 is 1.89 bits per heavy atom. The molecule has 5 nitrogen and oxygen atoms in total. The molecule has 102 valence electrons. The fraction of sp³-hybridized carbons (Fsp3) is 0.308. The van der Waals surface area contributed by atoms with Crippen LogP contribution in [-0.4, -0.2) is 36.4 Å². The number of aliphatic carboxylic acids is 1. The highest BCUT2D eigenvalue weighted by Crippen LogP contribution is 2.22.